The van der Waals surface area contributed by atoms with Crippen LogP contribution in [0.4, 0.5) is 0 Å². The third kappa shape index (κ3) is 1.69. The van der Waals surface area contributed by atoms with Gasteiger partial charge in [0.1, 0.15) is 0 Å². The minimum atomic E-state index is 0.613. The van der Waals surface area contributed by atoms with E-state index in [1.807, 2.05) is 0 Å². The number of nitrogens with one attached hydrogen (secondary N) is 1. The Morgan fingerprint density at radius 1 is 1.07 bits per heavy atom. The maximum absolute atomic E-state index is 3.65. The van der Waals surface area contributed by atoms with E-state index in [1.165, 1.54) is 25.8 Å². The molecule has 0 bridgehead atoms. The van der Waals surface area contributed by atoms with Crippen molar-refractivity contribution in [1.29, 1.82) is 0 Å². The summed E-state index contributed by atoms with van der Waals surface area (Å²) in [5.41, 5.74) is 3.19. The zero-order valence-electron chi connectivity index (χ0n) is 9.37. The second kappa shape index (κ2) is 3.64. The van der Waals surface area contributed by atoms with E-state index in [1.54, 1.807) is 11.1 Å². The summed E-state index contributed by atoms with van der Waals surface area (Å²) >= 11 is 0. The Bertz CT molecular complexity index is 354. The molecule has 2 fully saturated rings. The number of benzene rings is 1. The zero-order valence-corrected chi connectivity index (χ0v) is 9.37. The normalized spacial score (nSPS) is 30.7. The lowest BCUT2D eigenvalue weighted by atomic mass is 9.91. The minimum absolute atomic E-state index is 0.613. The summed E-state index contributed by atoms with van der Waals surface area (Å²) in [4.78, 5) is 0. The lowest BCUT2D eigenvalue weighted by Crippen LogP contribution is -2.17. The maximum Gasteiger partial charge on any atom is 0.0349 e. The van der Waals surface area contributed by atoms with Crippen LogP contribution in [-0.4, -0.2) is 6.54 Å². The van der Waals surface area contributed by atoms with Gasteiger partial charge < -0.3 is 5.32 Å². The first-order valence-corrected chi connectivity index (χ1v) is 6.18. The zero-order chi connectivity index (χ0) is 10.3. The van der Waals surface area contributed by atoms with E-state index in [0.717, 1.165) is 11.8 Å². The van der Waals surface area contributed by atoms with Crippen LogP contribution in [0.3, 0.4) is 0 Å². The van der Waals surface area contributed by atoms with Gasteiger partial charge in [0, 0.05) is 6.04 Å². The van der Waals surface area contributed by atoms with E-state index in [-0.39, 0.29) is 0 Å². The molecule has 1 nitrogen and oxygen atoms in total. The van der Waals surface area contributed by atoms with Crippen molar-refractivity contribution in [3.8, 4) is 0 Å². The molecule has 0 amide bonds. The Balaban J connectivity index is 1.95. The smallest absolute Gasteiger partial charge is 0.0349 e. The van der Waals surface area contributed by atoms with Crippen molar-refractivity contribution in [2.45, 2.75) is 38.1 Å². The molecule has 3 rings (SSSR count). The average Bonchev–Trinajstić information content (AvgIpc) is 3.02. The minimum Gasteiger partial charge on any atom is -0.310 e. The second-order valence-corrected chi connectivity index (χ2v) is 5.10. The fraction of sp³-hybridized carbons (Fsp3) is 0.571. The van der Waals surface area contributed by atoms with Gasteiger partial charge in [0.2, 0.25) is 0 Å². The van der Waals surface area contributed by atoms with Crippen molar-refractivity contribution >= 4 is 0 Å². The predicted molar refractivity (Wildman–Crippen MR) is 62.9 cm³/mol. The summed E-state index contributed by atoms with van der Waals surface area (Å²) in [6.07, 6.45) is 4.12. The van der Waals surface area contributed by atoms with Crippen molar-refractivity contribution in [2.24, 2.45) is 5.92 Å². The quantitative estimate of drug-likeness (QED) is 0.774. The molecule has 1 aromatic carbocycles. The van der Waals surface area contributed by atoms with E-state index in [2.05, 4.69) is 36.5 Å². The van der Waals surface area contributed by atoms with Crippen LogP contribution in [0.5, 0.6) is 0 Å². The van der Waals surface area contributed by atoms with Crippen LogP contribution in [0.15, 0.2) is 24.3 Å². The van der Waals surface area contributed by atoms with Gasteiger partial charge in [0.25, 0.3) is 0 Å². The van der Waals surface area contributed by atoms with Gasteiger partial charge in [0.15, 0.2) is 0 Å². The first-order valence-electron chi connectivity index (χ1n) is 6.18. The van der Waals surface area contributed by atoms with E-state index < -0.39 is 0 Å². The molecule has 1 heterocycles. The Kier molecular flexibility index (Phi) is 2.28. The Hall–Kier alpha value is -0.820. The lowest BCUT2D eigenvalue weighted by molar-refractivity contribution is 0.500. The Labute approximate surface area is 91.9 Å². The Morgan fingerprint density at radius 2 is 1.80 bits per heavy atom. The molecule has 2 aliphatic rings. The average molecular weight is 201 g/mol. The van der Waals surface area contributed by atoms with Crippen molar-refractivity contribution in [1.82, 2.24) is 5.32 Å². The van der Waals surface area contributed by atoms with Crippen LogP contribution < -0.4 is 5.32 Å². The van der Waals surface area contributed by atoms with Gasteiger partial charge in [-0.2, -0.15) is 0 Å². The molecule has 1 aliphatic heterocycles. The number of rotatable bonds is 2. The van der Waals surface area contributed by atoms with Crippen LogP contribution in [0, 0.1) is 5.92 Å². The monoisotopic (exact) mass is 201 g/mol. The molecule has 2 atom stereocenters. The SMILES string of the molecule is CC1CCNC1c1ccccc1C1CC1. The predicted octanol–water partition coefficient (Wildman–Crippen LogP) is 3.23. The first kappa shape index (κ1) is 9.41. The van der Waals surface area contributed by atoms with E-state index in [0.29, 0.717) is 6.04 Å². The van der Waals surface area contributed by atoms with Crippen molar-refractivity contribution in [3.05, 3.63) is 35.4 Å². The van der Waals surface area contributed by atoms with E-state index in [4.69, 9.17) is 0 Å². The molecule has 1 aliphatic carbocycles. The molecule has 1 aromatic rings. The fourth-order valence-corrected chi connectivity index (χ4v) is 2.81. The van der Waals surface area contributed by atoms with Gasteiger partial charge >= 0.3 is 0 Å². The highest BCUT2D eigenvalue weighted by Gasteiger charge is 2.31. The highest BCUT2D eigenvalue weighted by Crippen LogP contribution is 2.44. The number of hydrogen-bond acceptors (Lipinski definition) is 1. The lowest BCUT2D eigenvalue weighted by Gasteiger charge is -2.19. The van der Waals surface area contributed by atoms with Crippen molar-refractivity contribution in [3.63, 3.8) is 0 Å². The van der Waals surface area contributed by atoms with Gasteiger partial charge in [-0.25, -0.2) is 0 Å². The molecule has 80 valence electrons. The van der Waals surface area contributed by atoms with Crippen molar-refractivity contribution < 1.29 is 0 Å². The molecule has 1 saturated heterocycles. The van der Waals surface area contributed by atoms with Crippen LogP contribution in [0.25, 0.3) is 0 Å². The molecular formula is C14H19N. The summed E-state index contributed by atoms with van der Waals surface area (Å²) in [5, 5.41) is 3.65. The molecule has 0 aromatic heterocycles. The second-order valence-electron chi connectivity index (χ2n) is 5.10. The fourth-order valence-electron chi connectivity index (χ4n) is 2.81. The third-order valence-corrected chi connectivity index (χ3v) is 3.88. The summed E-state index contributed by atoms with van der Waals surface area (Å²) in [7, 11) is 0. The molecule has 1 N–H and O–H groups in total. The van der Waals surface area contributed by atoms with Gasteiger partial charge in [-0.05, 0) is 48.8 Å². The Morgan fingerprint density at radius 3 is 2.40 bits per heavy atom. The van der Waals surface area contributed by atoms with Gasteiger partial charge in [-0.15, -0.1) is 0 Å². The molecule has 0 spiro atoms. The summed E-state index contributed by atoms with van der Waals surface area (Å²) in [6.45, 7) is 3.55. The van der Waals surface area contributed by atoms with E-state index in [9.17, 15) is 0 Å². The number of hydrogen-bond donors (Lipinski definition) is 1. The first-order chi connectivity index (χ1) is 7.36. The van der Waals surface area contributed by atoms with Crippen LogP contribution in [-0.2, 0) is 0 Å². The maximum atomic E-state index is 3.65. The molecule has 2 unspecified atom stereocenters. The third-order valence-electron chi connectivity index (χ3n) is 3.88. The molecule has 0 radical (unpaired) electrons. The summed E-state index contributed by atoms with van der Waals surface area (Å²) in [6, 6.07) is 9.65. The molecule has 15 heavy (non-hydrogen) atoms. The van der Waals surface area contributed by atoms with Gasteiger partial charge in [-0.1, -0.05) is 31.2 Å². The van der Waals surface area contributed by atoms with Crippen LogP contribution in [0.1, 0.15) is 49.3 Å². The molecule has 1 heteroatoms. The summed E-state index contributed by atoms with van der Waals surface area (Å²) in [5.74, 6) is 1.67. The van der Waals surface area contributed by atoms with E-state index >= 15 is 0 Å². The molecule has 1 saturated carbocycles. The standard InChI is InChI=1S/C14H19N/c1-10-8-9-15-14(10)13-5-3-2-4-12(13)11-6-7-11/h2-5,10-11,14-15H,6-9H2,1H3. The van der Waals surface area contributed by atoms with Crippen molar-refractivity contribution in [2.75, 3.05) is 6.54 Å². The van der Waals surface area contributed by atoms with Gasteiger partial charge in [0.05, 0.1) is 0 Å². The summed E-state index contributed by atoms with van der Waals surface area (Å²) < 4.78 is 0. The topological polar surface area (TPSA) is 12.0 Å². The van der Waals surface area contributed by atoms with Gasteiger partial charge in [-0.3, -0.25) is 0 Å². The molecular weight excluding hydrogens is 182 g/mol. The van der Waals surface area contributed by atoms with Crippen LogP contribution >= 0.6 is 0 Å². The largest absolute Gasteiger partial charge is 0.310 e. The van der Waals surface area contributed by atoms with Crippen LogP contribution in [0.2, 0.25) is 0 Å². The highest BCUT2D eigenvalue weighted by molar-refractivity contribution is 5.36. The highest BCUT2D eigenvalue weighted by atomic mass is 14.9.